The smallest absolute Gasteiger partial charge is 0.410 e. The van der Waals surface area contributed by atoms with Crippen LogP contribution in [0, 0.1) is 5.92 Å². The van der Waals surface area contributed by atoms with E-state index >= 15 is 0 Å². The van der Waals surface area contributed by atoms with Crippen molar-refractivity contribution in [3.8, 4) is 0 Å². The van der Waals surface area contributed by atoms with Gasteiger partial charge in [0.1, 0.15) is 27.4 Å². The fourth-order valence-electron chi connectivity index (χ4n) is 5.78. The summed E-state index contributed by atoms with van der Waals surface area (Å²) >= 11 is 7.45. The Hall–Kier alpha value is -3.44. The average molecular weight is 710 g/mol. The number of rotatable bonds is 9. The van der Waals surface area contributed by atoms with Crippen molar-refractivity contribution in [3.05, 3.63) is 70.5 Å². The van der Waals surface area contributed by atoms with Gasteiger partial charge < -0.3 is 15.0 Å². The zero-order chi connectivity index (χ0) is 36.4. The summed E-state index contributed by atoms with van der Waals surface area (Å²) in [5.74, 6) is 1.12. The van der Waals surface area contributed by atoms with E-state index < -0.39 is 11.5 Å². The predicted molar refractivity (Wildman–Crippen MR) is 197 cm³/mol. The molecule has 0 aromatic carbocycles. The van der Waals surface area contributed by atoms with Crippen LogP contribution < -0.4 is 10.0 Å². The van der Waals surface area contributed by atoms with Gasteiger partial charge in [0.2, 0.25) is 0 Å². The fourth-order valence-corrected chi connectivity index (χ4v) is 6.59. The van der Waals surface area contributed by atoms with E-state index in [1.54, 1.807) is 0 Å². The summed E-state index contributed by atoms with van der Waals surface area (Å²) in [4.78, 5) is 46.2. The van der Waals surface area contributed by atoms with Crippen LogP contribution >= 0.6 is 23.5 Å². The minimum atomic E-state index is -0.550. The Balaban J connectivity index is 1.49. The van der Waals surface area contributed by atoms with Crippen molar-refractivity contribution in [2.24, 2.45) is 5.92 Å². The highest BCUT2D eigenvalue weighted by Gasteiger charge is 2.43. The van der Waals surface area contributed by atoms with Crippen LogP contribution in [0.25, 0.3) is 0 Å². The number of aromatic nitrogens is 4. The first kappa shape index (κ1) is 38.4. The molecule has 0 bridgehead atoms. The molecular weight excluding hydrogens is 658 g/mol. The van der Waals surface area contributed by atoms with Gasteiger partial charge >= 0.3 is 6.09 Å². The van der Waals surface area contributed by atoms with E-state index in [0.717, 1.165) is 36.9 Å². The maximum atomic E-state index is 13.1. The molecule has 0 spiro atoms. The number of pyridine rings is 2. The SMILES string of the molecule is CC(C)(C)OC(=O)N1CC(CCC(Nc2cccc(SNC(=O)c3cnc(C(C)(C)C)nc3Cl)n2)c2cc(C(C)(C)C)ccn2)CC1(C)C. The molecule has 2 N–H and O–H groups in total. The number of anilines is 1. The summed E-state index contributed by atoms with van der Waals surface area (Å²) in [5, 5.41) is 4.33. The Morgan fingerprint density at radius 3 is 2.39 bits per heavy atom. The Morgan fingerprint density at radius 1 is 1.04 bits per heavy atom. The summed E-state index contributed by atoms with van der Waals surface area (Å²) in [6.45, 7) is 23.1. The van der Waals surface area contributed by atoms with E-state index in [1.165, 1.54) is 11.8 Å². The zero-order valence-corrected chi connectivity index (χ0v) is 32.3. The van der Waals surface area contributed by atoms with Gasteiger partial charge in [-0.2, -0.15) is 0 Å². The second-order valence-corrected chi connectivity index (χ2v) is 17.7. The molecule has 49 heavy (non-hydrogen) atoms. The minimum absolute atomic E-state index is 0.0420. The molecule has 266 valence electrons. The molecule has 1 aliphatic rings. The van der Waals surface area contributed by atoms with E-state index in [0.29, 0.717) is 29.1 Å². The third-order valence-electron chi connectivity index (χ3n) is 8.39. The number of nitrogens with zero attached hydrogens (tertiary/aromatic N) is 5. The van der Waals surface area contributed by atoms with E-state index in [2.05, 4.69) is 66.8 Å². The first-order valence-corrected chi connectivity index (χ1v) is 18.0. The Bertz CT molecular complexity index is 1650. The van der Waals surface area contributed by atoms with Crippen molar-refractivity contribution >= 4 is 41.4 Å². The summed E-state index contributed by atoms with van der Waals surface area (Å²) < 4.78 is 8.55. The number of hydrogen-bond acceptors (Lipinski definition) is 9. The molecule has 12 heteroatoms. The van der Waals surface area contributed by atoms with Crippen molar-refractivity contribution in [3.63, 3.8) is 0 Å². The molecule has 1 aliphatic heterocycles. The second kappa shape index (κ2) is 14.8. The first-order valence-electron chi connectivity index (χ1n) is 16.8. The van der Waals surface area contributed by atoms with Crippen LogP contribution in [0.1, 0.15) is 129 Å². The topological polar surface area (TPSA) is 122 Å². The Kier molecular flexibility index (Phi) is 11.6. The van der Waals surface area contributed by atoms with Crippen LogP contribution in [-0.2, 0) is 15.6 Å². The van der Waals surface area contributed by atoms with Crippen LogP contribution in [0.2, 0.25) is 5.15 Å². The van der Waals surface area contributed by atoms with E-state index in [-0.39, 0.29) is 39.2 Å². The number of hydrogen-bond donors (Lipinski definition) is 2. The lowest BCUT2D eigenvalue weighted by atomic mass is 9.86. The molecule has 2 amide bonds. The molecule has 2 unspecified atom stereocenters. The van der Waals surface area contributed by atoms with Gasteiger partial charge in [0.25, 0.3) is 5.91 Å². The van der Waals surface area contributed by atoms with Gasteiger partial charge in [-0.05, 0) is 95.0 Å². The number of nitrogens with one attached hydrogen (secondary N) is 2. The average Bonchev–Trinajstić information content (AvgIpc) is 3.30. The van der Waals surface area contributed by atoms with Gasteiger partial charge in [0.15, 0.2) is 0 Å². The molecular formula is C37H52ClN7O3S. The molecule has 0 saturated carbocycles. The molecule has 4 rings (SSSR count). The monoisotopic (exact) mass is 709 g/mol. The maximum absolute atomic E-state index is 13.1. The van der Waals surface area contributed by atoms with E-state index in [4.69, 9.17) is 26.3 Å². The van der Waals surface area contributed by atoms with Gasteiger partial charge in [0.05, 0.1) is 17.3 Å². The van der Waals surface area contributed by atoms with Gasteiger partial charge in [-0.25, -0.2) is 19.7 Å². The van der Waals surface area contributed by atoms with Crippen molar-refractivity contribution < 1.29 is 14.3 Å². The van der Waals surface area contributed by atoms with Crippen LogP contribution in [-0.4, -0.2) is 54.5 Å². The van der Waals surface area contributed by atoms with Crippen LogP contribution in [0.15, 0.2) is 47.8 Å². The van der Waals surface area contributed by atoms with Crippen LogP contribution in [0.3, 0.4) is 0 Å². The number of carbonyl (C=O) groups is 2. The highest BCUT2D eigenvalue weighted by atomic mass is 35.5. The summed E-state index contributed by atoms with van der Waals surface area (Å²) in [6.07, 6.45) is 5.60. The zero-order valence-electron chi connectivity index (χ0n) is 30.8. The standard InChI is InChI=1S/C37H52ClN7O3S/c1-34(2,3)24-17-18-39-27(19-24)26(16-15-23-20-37(10,11)45(22-23)33(47)48-36(7,8)9)41-28-13-12-14-29(42-28)49-44-31(46)25-21-40-32(35(4,5)6)43-30(25)38/h12-14,17-19,21,23,26H,15-16,20,22H2,1-11H3,(H,41,42)(H,44,46). The summed E-state index contributed by atoms with van der Waals surface area (Å²) in [5.41, 5.74) is 1.13. The van der Waals surface area contributed by atoms with Crippen molar-refractivity contribution in [2.45, 2.75) is 128 Å². The van der Waals surface area contributed by atoms with Gasteiger partial charge in [-0.3, -0.25) is 14.5 Å². The first-order chi connectivity index (χ1) is 22.6. The molecule has 3 aromatic heterocycles. The minimum Gasteiger partial charge on any atom is -0.444 e. The van der Waals surface area contributed by atoms with Crippen molar-refractivity contribution in [1.29, 1.82) is 0 Å². The fraction of sp³-hybridized carbons (Fsp3) is 0.568. The maximum Gasteiger partial charge on any atom is 0.410 e. The Labute approximate surface area is 301 Å². The predicted octanol–water partition coefficient (Wildman–Crippen LogP) is 8.92. The Morgan fingerprint density at radius 2 is 1.76 bits per heavy atom. The number of likely N-dealkylation sites (tertiary alicyclic amines) is 1. The van der Waals surface area contributed by atoms with Crippen LogP contribution in [0.4, 0.5) is 10.6 Å². The molecule has 0 radical (unpaired) electrons. The molecule has 0 aliphatic carbocycles. The van der Waals surface area contributed by atoms with Gasteiger partial charge in [-0.1, -0.05) is 59.2 Å². The number of halogens is 1. The third kappa shape index (κ3) is 10.5. The quantitative estimate of drug-likeness (QED) is 0.166. The molecule has 1 fully saturated rings. The van der Waals surface area contributed by atoms with Gasteiger partial charge in [-0.15, -0.1) is 0 Å². The lowest BCUT2D eigenvalue weighted by Gasteiger charge is -2.33. The van der Waals surface area contributed by atoms with Crippen molar-refractivity contribution in [1.82, 2.24) is 29.6 Å². The number of amides is 2. The normalized spacial score (nSPS) is 17.1. The lowest BCUT2D eigenvalue weighted by Crippen LogP contribution is -2.45. The highest BCUT2D eigenvalue weighted by molar-refractivity contribution is 7.97. The lowest BCUT2D eigenvalue weighted by molar-refractivity contribution is 0.0130. The molecule has 4 heterocycles. The van der Waals surface area contributed by atoms with Gasteiger partial charge in [0, 0.05) is 41.8 Å². The van der Waals surface area contributed by atoms with Crippen LogP contribution in [0.5, 0.6) is 0 Å². The highest BCUT2D eigenvalue weighted by Crippen LogP contribution is 2.38. The summed E-state index contributed by atoms with van der Waals surface area (Å²) in [7, 11) is 0. The number of carbonyl (C=O) groups excluding carboxylic acids is 2. The van der Waals surface area contributed by atoms with E-state index in [9.17, 15) is 9.59 Å². The molecule has 10 nitrogen and oxygen atoms in total. The molecule has 2 atom stereocenters. The largest absolute Gasteiger partial charge is 0.444 e. The second-order valence-electron chi connectivity index (χ2n) is 16.5. The van der Waals surface area contributed by atoms with Crippen molar-refractivity contribution in [2.75, 3.05) is 11.9 Å². The molecule has 3 aromatic rings. The third-order valence-corrected chi connectivity index (χ3v) is 9.41. The molecule has 1 saturated heterocycles. The van der Waals surface area contributed by atoms with E-state index in [1.807, 2.05) is 70.8 Å². The summed E-state index contributed by atoms with van der Waals surface area (Å²) in [6, 6.07) is 9.72. The number of ether oxygens (including phenoxy) is 1.